The van der Waals surface area contributed by atoms with Gasteiger partial charge in [-0.1, -0.05) is 121 Å². The van der Waals surface area contributed by atoms with Gasteiger partial charge in [-0.05, 0) is 86.4 Å². The van der Waals surface area contributed by atoms with Crippen LogP contribution in [0.2, 0.25) is 0 Å². The standard InChI is InChI=1S/C54H38N4/c1-3-15-35(16-4-1)55-47-23-11-7-19-39(47)43-31-33-45-41-21-9-13-25-49(41)57(53(45)51(43)55)37-27-29-38(30-28-37)58-50-26-14-10-22-42(50)46-34-32-44-40-20-8-12-24-48(40)56(52(44)54(46)58)36-17-5-2-6-18-36/h1-5,7-13,15-17,19-25,27-34H,6,14,18,26H2. The van der Waals surface area contributed by atoms with Crippen molar-refractivity contribution in [1.82, 2.24) is 18.3 Å². The number of allylic oxidation sites excluding steroid dienone is 5. The summed E-state index contributed by atoms with van der Waals surface area (Å²) in [5, 5.41) is 8.96. The molecule has 11 aromatic rings. The molecular weight excluding hydrogens is 705 g/mol. The predicted molar refractivity (Wildman–Crippen MR) is 245 cm³/mol. The Labute approximate surface area is 335 Å². The zero-order valence-corrected chi connectivity index (χ0v) is 31.9. The van der Waals surface area contributed by atoms with Crippen molar-refractivity contribution in [2.75, 3.05) is 0 Å². The average molecular weight is 743 g/mol. The number of hydrogen-bond acceptors (Lipinski definition) is 0. The normalized spacial score (nSPS) is 14.2. The Morgan fingerprint density at radius 1 is 0.345 bits per heavy atom. The minimum absolute atomic E-state index is 1.00. The van der Waals surface area contributed by atoms with Crippen molar-refractivity contribution in [3.05, 3.63) is 187 Å². The van der Waals surface area contributed by atoms with E-state index < -0.39 is 0 Å². The van der Waals surface area contributed by atoms with Crippen molar-refractivity contribution in [3.8, 4) is 17.1 Å². The molecule has 0 spiro atoms. The molecule has 0 saturated heterocycles. The molecule has 0 saturated carbocycles. The van der Waals surface area contributed by atoms with Gasteiger partial charge >= 0.3 is 0 Å². The molecular formula is C54H38N4. The first-order valence-electron chi connectivity index (χ1n) is 20.6. The minimum Gasteiger partial charge on any atom is -0.311 e. The molecule has 0 fully saturated rings. The van der Waals surface area contributed by atoms with Crippen molar-refractivity contribution >= 4 is 88.1 Å². The van der Waals surface area contributed by atoms with Gasteiger partial charge in [0.1, 0.15) is 0 Å². The molecule has 7 aromatic carbocycles. The lowest BCUT2D eigenvalue weighted by Gasteiger charge is -2.17. The molecule has 4 heteroatoms. The van der Waals surface area contributed by atoms with E-state index in [9.17, 15) is 0 Å². The van der Waals surface area contributed by atoms with Crippen LogP contribution in [-0.2, 0) is 6.42 Å². The fraction of sp³-hybridized carbons (Fsp3) is 0.0741. The van der Waals surface area contributed by atoms with Crippen LogP contribution in [0.25, 0.3) is 105 Å². The fourth-order valence-electron chi connectivity index (χ4n) is 10.5. The number of nitrogens with zero attached hydrogens (tertiary/aromatic N) is 4. The maximum atomic E-state index is 2.59. The molecule has 0 aliphatic heterocycles. The van der Waals surface area contributed by atoms with E-state index in [0.717, 1.165) is 37.1 Å². The summed E-state index contributed by atoms with van der Waals surface area (Å²) in [7, 11) is 0. The van der Waals surface area contributed by atoms with Gasteiger partial charge in [-0.3, -0.25) is 0 Å². The second-order valence-corrected chi connectivity index (χ2v) is 15.9. The largest absolute Gasteiger partial charge is 0.311 e. The van der Waals surface area contributed by atoms with E-state index in [2.05, 4.69) is 200 Å². The van der Waals surface area contributed by atoms with Gasteiger partial charge in [0.2, 0.25) is 0 Å². The maximum Gasteiger partial charge on any atom is 0.0788 e. The van der Waals surface area contributed by atoms with Gasteiger partial charge in [0, 0.05) is 71.7 Å². The smallest absolute Gasteiger partial charge is 0.0788 e. The predicted octanol–water partition coefficient (Wildman–Crippen LogP) is 14.1. The summed E-state index contributed by atoms with van der Waals surface area (Å²) in [6, 6.07) is 56.3. The average Bonchev–Trinajstić information content (AvgIpc) is 4.02. The Morgan fingerprint density at radius 3 is 1.40 bits per heavy atom. The highest BCUT2D eigenvalue weighted by molar-refractivity contribution is 6.24. The molecule has 2 aliphatic rings. The van der Waals surface area contributed by atoms with Gasteiger partial charge in [-0.15, -0.1) is 0 Å². The Kier molecular flexibility index (Phi) is 6.65. The summed E-state index contributed by atoms with van der Waals surface area (Å²) in [6.45, 7) is 0. The van der Waals surface area contributed by atoms with Crippen LogP contribution in [0, 0.1) is 0 Å². The number of benzene rings is 7. The van der Waals surface area contributed by atoms with Crippen LogP contribution >= 0.6 is 0 Å². The minimum atomic E-state index is 1.00. The summed E-state index contributed by atoms with van der Waals surface area (Å²) in [4.78, 5) is 0. The molecule has 0 unspecified atom stereocenters. The number of para-hydroxylation sites is 4. The summed E-state index contributed by atoms with van der Waals surface area (Å²) in [5.74, 6) is 0. The third-order valence-corrected chi connectivity index (χ3v) is 12.9. The van der Waals surface area contributed by atoms with Gasteiger partial charge in [-0.25, -0.2) is 0 Å². The summed E-state index contributed by atoms with van der Waals surface area (Å²) >= 11 is 0. The van der Waals surface area contributed by atoms with E-state index in [1.165, 1.54) is 99.0 Å². The van der Waals surface area contributed by atoms with E-state index in [4.69, 9.17) is 0 Å². The fourth-order valence-corrected chi connectivity index (χ4v) is 10.5. The first-order valence-corrected chi connectivity index (χ1v) is 20.6. The van der Waals surface area contributed by atoms with Crippen LogP contribution in [0.4, 0.5) is 0 Å². The molecule has 13 rings (SSSR count). The lowest BCUT2D eigenvalue weighted by Crippen LogP contribution is -2.05. The van der Waals surface area contributed by atoms with Crippen LogP contribution < -0.4 is 0 Å². The Bertz CT molecular complexity index is 3600. The molecule has 2 aliphatic carbocycles. The lowest BCUT2D eigenvalue weighted by atomic mass is 10.0. The van der Waals surface area contributed by atoms with E-state index in [0.29, 0.717) is 0 Å². The molecule has 0 bridgehead atoms. The number of hydrogen-bond donors (Lipinski definition) is 0. The number of fused-ring (bicyclic) bond motifs is 14. The van der Waals surface area contributed by atoms with Gasteiger partial charge in [0.05, 0.1) is 38.6 Å². The van der Waals surface area contributed by atoms with Gasteiger partial charge in [0.15, 0.2) is 0 Å². The molecule has 4 aromatic heterocycles. The zero-order chi connectivity index (χ0) is 37.9. The van der Waals surface area contributed by atoms with Crippen LogP contribution in [0.5, 0.6) is 0 Å². The summed E-state index contributed by atoms with van der Waals surface area (Å²) in [5.41, 5.74) is 16.3. The molecule has 4 heterocycles. The highest BCUT2D eigenvalue weighted by Gasteiger charge is 2.26. The van der Waals surface area contributed by atoms with Crippen molar-refractivity contribution in [2.45, 2.75) is 25.7 Å². The first-order chi connectivity index (χ1) is 28.8. The summed E-state index contributed by atoms with van der Waals surface area (Å²) < 4.78 is 10.1. The van der Waals surface area contributed by atoms with Crippen molar-refractivity contribution in [3.63, 3.8) is 0 Å². The van der Waals surface area contributed by atoms with Crippen molar-refractivity contribution in [1.29, 1.82) is 0 Å². The van der Waals surface area contributed by atoms with E-state index >= 15 is 0 Å². The van der Waals surface area contributed by atoms with Crippen molar-refractivity contribution < 1.29 is 0 Å². The molecule has 0 N–H and O–H groups in total. The topological polar surface area (TPSA) is 19.7 Å². The van der Waals surface area contributed by atoms with Gasteiger partial charge in [0.25, 0.3) is 0 Å². The Balaban J connectivity index is 1.10. The third-order valence-electron chi connectivity index (χ3n) is 12.9. The van der Waals surface area contributed by atoms with Crippen molar-refractivity contribution in [2.24, 2.45) is 0 Å². The quantitative estimate of drug-likeness (QED) is 0.171. The van der Waals surface area contributed by atoms with Crippen LogP contribution in [0.3, 0.4) is 0 Å². The molecule has 0 amide bonds. The van der Waals surface area contributed by atoms with E-state index in [1.54, 1.807) is 0 Å². The molecule has 58 heavy (non-hydrogen) atoms. The van der Waals surface area contributed by atoms with Gasteiger partial charge in [-0.2, -0.15) is 0 Å². The lowest BCUT2D eigenvalue weighted by molar-refractivity contribution is 0.888. The first kappa shape index (κ1) is 31.9. The highest BCUT2D eigenvalue weighted by atomic mass is 15.1. The highest BCUT2D eigenvalue weighted by Crippen LogP contribution is 2.45. The maximum absolute atomic E-state index is 2.59. The number of aromatic nitrogens is 4. The molecule has 0 radical (unpaired) electrons. The molecule has 274 valence electrons. The summed E-state index contributed by atoms with van der Waals surface area (Å²) in [6.07, 6.45) is 15.7. The van der Waals surface area contributed by atoms with Crippen LogP contribution in [0.15, 0.2) is 176 Å². The second-order valence-electron chi connectivity index (χ2n) is 15.9. The Hall–Kier alpha value is -7.30. The molecule has 4 nitrogen and oxygen atoms in total. The van der Waals surface area contributed by atoms with Crippen LogP contribution in [0.1, 0.15) is 30.5 Å². The van der Waals surface area contributed by atoms with Gasteiger partial charge < -0.3 is 18.3 Å². The Morgan fingerprint density at radius 2 is 0.810 bits per heavy atom. The monoisotopic (exact) mass is 742 g/mol. The van der Waals surface area contributed by atoms with E-state index in [1.807, 2.05) is 0 Å². The van der Waals surface area contributed by atoms with E-state index in [-0.39, 0.29) is 0 Å². The third kappa shape index (κ3) is 4.29. The number of rotatable bonds is 4. The zero-order valence-electron chi connectivity index (χ0n) is 31.9. The molecule has 0 atom stereocenters. The second kappa shape index (κ2) is 12.1. The SMILES string of the molecule is C1=CCCC(n2c3ccccc3c3ccc4c5c(n(-c6ccc(-n7c8ccccc8c8ccc9c%10ccccc%10n(-c%10ccccc%10)c9c87)cc6)c4c32)CCC=C5)=C1. The van der Waals surface area contributed by atoms with Crippen LogP contribution in [-0.4, -0.2) is 18.3 Å².